The zero-order valence-corrected chi connectivity index (χ0v) is 27.3. The van der Waals surface area contributed by atoms with Crippen LogP contribution in [0.3, 0.4) is 0 Å². The number of rotatable bonds is 1. The topological polar surface area (TPSA) is 0 Å². The van der Waals surface area contributed by atoms with E-state index in [1.807, 2.05) is 0 Å². The van der Waals surface area contributed by atoms with E-state index < -0.39 is 0 Å². The van der Waals surface area contributed by atoms with Crippen molar-refractivity contribution in [3.63, 3.8) is 0 Å². The Kier molecular flexibility index (Phi) is 14.4. The Hall–Kier alpha value is -0.790. The van der Waals surface area contributed by atoms with Crippen LogP contribution in [0.1, 0.15) is 54.0 Å². The fourth-order valence-corrected chi connectivity index (χ4v) is 3.71. The Morgan fingerprint density at radius 3 is 1.85 bits per heavy atom. The number of benzene rings is 2. The van der Waals surface area contributed by atoms with Crippen LogP contribution in [0.5, 0.6) is 0 Å². The molecule has 0 N–H and O–H groups in total. The molecule has 0 saturated carbocycles. The van der Waals surface area contributed by atoms with Gasteiger partial charge in [0.15, 0.2) is 0 Å². The Labute approximate surface area is 235 Å². The molecule has 0 nitrogen and oxygen atoms in total. The first-order valence-electron chi connectivity index (χ1n) is 11.5. The van der Waals surface area contributed by atoms with Crippen LogP contribution in [0.25, 0.3) is 21.9 Å². The molecular formula is C30H40Cl2SiZr. The van der Waals surface area contributed by atoms with Crippen LogP contribution in [0.4, 0.5) is 0 Å². The van der Waals surface area contributed by atoms with Crippen molar-refractivity contribution in [2.24, 2.45) is 5.92 Å². The van der Waals surface area contributed by atoms with Gasteiger partial charge in [0.25, 0.3) is 0 Å². The zero-order chi connectivity index (χ0) is 24.1. The van der Waals surface area contributed by atoms with Crippen molar-refractivity contribution < 1.29 is 23.3 Å². The molecule has 1 aliphatic rings. The summed E-state index contributed by atoms with van der Waals surface area (Å²) in [4.78, 5) is 0. The fourth-order valence-electron chi connectivity index (χ4n) is 3.71. The van der Waals surface area contributed by atoms with Crippen molar-refractivity contribution in [2.45, 2.75) is 67.0 Å². The minimum absolute atomic E-state index is 0. The molecule has 182 valence electrons. The molecule has 1 atom stereocenters. The average Bonchev–Trinajstić information content (AvgIpc) is 3.24. The van der Waals surface area contributed by atoms with Gasteiger partial charge in [0.2, 0.25) is 0 Å². The van der Waals surface area contributed by atoms with Crippen molar-refractivity contribution in [2.75, 3.05) is 0 Å². The van der Waals surface area contributed by atoms with Crippen LogP contribution in [-0.4, -0.2) is 5.43 Å². The van der Waals surface area contributed by atoms with Crippen molar-refractivity contribution in [1.29, 1.82) is 0 Å². The Morgan fingerprint density at radius 2 is 1.44 bits per heavy atom. The summed E-state index contributed by atoms with van der Waals surface area (Å²) in [5.74, 6) is 0.560. The smallest absolute Gasteiger partial charge is 0.147 e. The molecule has 0 aliphatic heterocycles. The number of hydrogen-bond donors (Lipinski definition) is 0. The molecule has 4 heteroatoms. The van der Waals surface area contributed by atoms with E-state index in [1.54, 1.807) is 23.3 Å². The van der Waals surface area contributed by atoms with E-state index in [0.29, 0.717) is 5.92 Å². The molecule has 1 aliphatic carbocycles. The number of fused-ring (bicyclic) bond motifs is 1. The molecule has 3 aromatic carbocycles. The zero-order valence-electron chi connectivity index (χ0n) is 22.2. The number of allylic oxidation sites excluding steroid dienone is 4. The molecule has 1 unspecified atom stereocenters. The summed E-state index contributed by atoms with van der Waals surface area (Å²) >= 11 is 1.74. The predicted molar refractivity (Wildman–Crippen MR) is 156 cm³/mol. The van der Waals surface area contributed by atoms with E-state index in [-0.39, 0.29) is 35.7 Å². The van der Waals surface area contributed by atoms with Crippen molar-refractivity contribution in [1.82, 2.24) is 0 Å². The van der Waals surface area contributed by atoms with Crippen LogP contribution >= 0.6 is 24.8 Å². The van der Waals surface area contributed by atoms with E-state index >= 15 is 0 Å². The summed E-state index contributed by atoms with van der Waals surface area (Å²) in [6.45, 7) is 20.0. The second-order valence-electron chi connectivity index (χ2n) is 9.96. The van der Waals surface area contributed by atoms with Gasteiger partial charge in [0, 0.05) is 0 Å². The third-order valence-electron chi connectivity index (χ3n) is 5.98. The second-order valence-corrected chi connectivity index (χ2v) is 19.3. The Bertz CT molecular complexity index is 1120. The number of halogens is 2. The maximum atomic E-state index is 3.36. The van der Waals surface area contributed by atoms with Gasteiger partial charge in [0.1, 0.15) is 0 Å². The molecule has 0 heterocycles. The minimum atomic E-state index is 0. The quantitative estimate of drug-likeness (QED) is 0.195. The molecule has 0 aromatic heterocycles. The van der Waals surface area contributed by atoms with Gasteiger partial charge in [-0.15, -0.1) is 78.4 Å². The van der Waals surface area contributed by atoms with Gasteiger partial charge < -0.3 is 0 Å². The van der Waals surface area contributed by atoms with Gasteiger partial charge >= 0.3 is 41.9 Å². The summed E-state index contributed by atoms with van der Waals surface area (Å²) in [6.07, 6.45) is 3.36. The maximum Gasteiger partial charge on any atom is -0.147 e. The van der Waals surface area contributed by atoms with Gasteiger partial charge in [-0.2, -0.15) is 11.1 Å². The van der Waals surface area contributed by atoms with Gasteiger partial charge in [-0.25, -0.2) is 5.57 Å². The maximum absolute atomic E-state index is 3.36. The van der Waals surface area contributed by atoms with E-state index in [0.717, 1.165) is 0 Å². The third-order valence-corrected chi connectivity index (χ3v) is 5.98. The first-order valence-corrected chi connectivity index (χ1v) is 17.7. The van der Waals surface area contributed by atoms with E-state index in [2.05, 4.69) is 128 Å². The summed E-state index contributed by atoms with van der Waals surface area (Å²) in [5, 5.41) is 2.66. The summed E-state index contributed by atoms with van der Waals surface area (Å²) in [6, 6.07) is 22.0. The van der Waals surface area contributed by atoms with Crippen LogP contribution in [0.2, 0.25) is 13.1 Å². The van der Waals surface area contributed by atoms with Gasteiger partial charge in [-0.1, -0.05) is 83.4 Å². The first-order chi connectivity index (χ1) is 14.9. The predicted octanol–water partition coefficient (Wildman–Crippen LogP) is 9.87. The van der Waals surface area contributed by atoms with Crippen LogP contribution in [0, 0.1) is 12.0 Å². The molecular weight excluding hydrogens is 551 g/mol. The third kappa shape index (κ3) is 9.34. The summed E-state index contributed by atoms with van der Waals surface area (Å²) in [5.41, 5.74) is 8.68. The molecule has 0 saturated heterocycles. The van der Waals surface area contributed by atoms with Crippen LogP contribution < -0.4 is 0 Å². The van der Waals surface area contributed by atoms with Crippen molar-refractivity contribution in [3.05, 3.63) is 89.0 Å². The number of hydrogen-bond acceptors (Lipinski definition) is 0. The van der Waals surface area contributed by atoms with E-state index in [1.165, 1.54) is 44.2 Å². The largest absolute Gasteiger partial charge is 0.147 e. The second kappa shape index (κ2) is 14.7. The van der Waals surface area contributed by atoms with E-state index in [9.17, 15) is 0 Å². The first kappa shape index (κ1) is 33.2. The molecule has 4 rings (SSSR count). The van der Waals surface area contributed by atoms with Crippen molar-refractivity contribution in [3.8, 4) is 11.1 Å². The SMILES string of the molecule is CC(C)(C)c1ccc(-c2c[cH-]c3ccccc23)cc1.CC1=[C-]C(C)C(C)=C1C.C[Si](C)=[Zr+2].Cl.Cl. The molecule has 0 spiro atoms. The molecule has 34 heavy (non-hydrogen) atoms. The van der Waals surface area contributed by atoms with Crippen LogP contribution in [-0.2, 0) is 28.8 Å². The minimum Gasteiger partial charge on any atom is -0.147 e. The summed E-state index contributed by atoms with van der Waals surface area (Å²) in [7, 11) is 0. The van der Waals surface area contributed by atoms with Crippen LogP contribution in [0.15, 0.2) is 77.4 Å². The molecule has 0 radical (unpaired) electrons. The fraction of sp³-hybridized carbons (Fsp3) is 0.367. The average molecular weight is 591 g/mol. The molecule has 0 fully saturated rings. The van der Waals surface area contributed by atoms with Gasteiger partial charge in [-0.3, -0.25) is 6.08 Å². The molecule has 3 aromatic rings. The van der Waals surface area contributed by atoms with Crippen molar-refractivity contribution >= 4 is 41.0 Å². The van der Waals surface area contributed by atoms with Gasteiger partial charge in [-0.05, 0) is 11.0 Å². The Morgan fingerprint density at radius 1 is 0.912 bits per heavy atom. The van der Waals surface area contributed by atoms with Gasteiger partial charge in [0.05, 0.1) is 0 Å². The molecule has 0 amide bonds. The molecule has 0 bridgehead atoms. The standard InChI is InChI=1S/C19H19.C9H13.C2H6Si.2ClH.Zr/c1-19(2,3)16-11-8-15(9-12-16)18-13-10-14-6-4-5-7-17(14)18;1-6-5-7(2)9(4)8(6)3;1-3-2;;;/h4-13H,1-3H3;6H,1-4H3;1-2H3;2*1H;/q2*-1;;;;+2. The normalized spacial score (nSPS) is 14.7. The Balaban J connectivity index is 0.000000614. The van der Waals surface area contributed by atoms with E-state index in [4.69, 9.17) is 0 Å². The monoisotopic (exact) mass is 588 g/mol. The summed E-state index contributed by atoms with van der Waals surface area (Å²) < 4.78 is 0.